The third-order valence-electron chi connectivity index (χ3n) is 6.37. The molecule has 3 aromatic carbocycles. The van der Waals surface area contributed by atoms with Gasteiger partial charge in [0.05, 0.1) is 28.7 Å². The van der Waals surface area contributed by atoms with Crippen molar-refractivity contribution in [2.75, 3.05) is 10.2 Å². The molecule has 7 nitrogen and oxygen atoms in total. The number of carbonyl (C=O) groups is 3. The number of thiophene rings is 1. The van der Waals surface area contributed by atoms with E-state index >= 15 is 0 Å². The van der Waals surface area contributed by atoms with E-state index in [1.165, 1.54) is 23.5 Å². The zero-order chi connectivity index (χ0) is 26.6. The summed E-state index contributed by atoms with van der Waals surface area (Å²) < 4.78 is 13.7. The fourth-order valence-corrected chi connectivity index (χ4v) is 5.16. The summed E-state index contributed by atoms with van der Waals surface area (Å²) >= 11 is 1.29. The molecule has 1 aliphatic heterocycles. The van der Waals surface area contributed by atoms with E-state index in [0.717, 1.165) is 11.1 Å². The monoisotopic (exact) mass is 528 g/mol. The van der Waals surface area contributed by atoms with E-state index in [1.54, 1.807) is 52.7 Å². The molecule has 4 aromatic rings. The largest absolute Gasteiger partial charge is 0.348 e. The molecule has 38 heavy (non-hydrogen) atoms. The summed E-state index contributed by atoms with van der Waals surface area (Å²) in [4.78, 5) is 41.7. The number of rotatable bonds is 6. The van der Waals surface area contributed by atoms with Gasteiger partial charge in [0, 0.05) is 18.7 Å². The fraction of sp³-hybridized carbons (Fsp3) is 0.138. The maximum Gasteiger partial charge on any atom is 0.268 e. The molecule has 192 valence electrons. The summed E-state index contributed by atoms with van der Waals surface area (Å²) in [5.74, 6) is -1.34. The Balaban J connectivity index is 1.48. The summed E-state index contributed by atoms with van der Waals surface area (Å²) in [5, 5.41) is 7.54. The summed E-state index contributed by atoms with van der Waals surface area (Å²) in [6, 6.07) is 21.1. The molecule has 0 saturated heterocycles. The van der Waals surface area contributed by atoms with E-state index < -0.39 is 11.9 Å². The normalized spacial score (nSPS) is 14.8. The van der Waals surface area contributed by atoms with Crippen LogP contribution in [-0.2, 0) is 17.9 Å². The predicted octanol–water partition coefficient (Wildman–Crippen LogP) is 5.01. The summed E-state index contributed by atoms with van der Waals surface area (Å²) in [6.07, 6.45) is -0.0313. The van der Waals surface area contributed by atoms with Gasteiger partial charge in [-0.3, -0.25) is 19.3 Å². The highest BCUT2D eigenvalue weighted by atomic mass is 32.1. The second-order valence-electron chi connectivity index (χ2n) is 8.91. The highest BCUT2D eigenvalue weighted by Crippen LogP contribution is 2.40. The van der Waals surface area contributed by atoms with Gasteiger partial charge in [-0.25, -0.2) is 4.39 Å². The second-order valence-corrected chi connectivity index (χ2v) is 9.86. The molecule has 0 aliphatic carbocycles. The van der Waals surface area contributed by atoms with Crippen LogP contribution in [0.3, 0.4) is 0 Å². The number of anilines is 2. The minimum Gasteiger partial charge on any atom is -0.348 e. The molecule has 1 atom stereocenters. The van der Waals surface area contributed by atoms with E-state index in [9.17, 15) is 18.8 Å². The molecule has 1 unspecified atom stereocenters. The van der Waals surface area contributed by atoms with Gasteiger partial charge in [0.2, 0.25) is 5.91 Å². The third kappa shape index (κ3) is 5.34. The summed E-state index contributed by atoms with van der Waals surface area (Å²) in [6.45, 7) is 0.720. The van der Waals surface area contributed by atoms with E-state index in [4.69, 9.17) is 5.73 Å². The predicted molar refractivity (Wildman–Crippen MR) is 145 cm³/mol. The number of halogens is 1. The van der Waals surface area contributed by atoms with Crippen LogP contribution >= 0.6 is 11.3 Å². The van der Waals surface area contributed by atoms with Crippen molar-refractivity contribution in [1.82, 2.24) is 5.32 Å². The lowest BCUT2D eigenvalue weighted by atomic mass is 10.0. The Morgan fingerprint density at radius 1 is 1.03 bits per heavy atom. The Morgan fingerprint density at radius 3 is 2.55 bits per heavy atom. The molecular weight excluding hydrogens is 503 g/mol. The Bertz CT molecular complexity index is 1490. The molecule has 5 rings (SSSR count). The van der Waals surface area contributed by atoms with Crippen molar-refractivity contribution in [1.29, 1.82) is 0 Å². The number of fused-ring (bicyclic) bond motifs is 1. The van der Waals surface area contributed by atoms with Gasteiger partial charge in [0.15, 0.2) is 0 Å². The minimum atomic E-state index is -0.666. The Morgan fingerprint density at radius 2 is 1.82 bits per heavy atom. The molecule has 1 aliphatic rings. The maximum atomic E-state index is 13.7. The third-order valence-corrected chi connectivity index (χ3v) is 7.23. The van der Waals surface area contributed by atoms with Gasteiger partial charge in [-0.15, -0.1) is 11.3 Å². The topological polar surface area (TPSA) is 105 Å². The van der Waals surface area contributed by atoms with Crippen molar-refractivity contribution in [3.63, 3.8) is 0 Å². The van der Waals surface area contributed by atoms with Crippen LogP contribution in [0.5, 0.6) is 0 Å². The van der Waals surface area contributed by atoms with E-state index in [2.05, 4.69) is 10.6 Å². The van der Waals surface area contributed by atoms with Crippen LogP contribution in [0.15, 0.2) is 84.2 Å². The number of nitrogens with two attached hydrogens (primary N) is 1. The van der Waals surface area contributed by atoms with E-state index in [1.807, 2.05) is 24.3 Å². The molecule has 0 spiro atoms. The van der Waals surface area contributed by atoms with Crippen molar-refractivity contribution in [2.24, 2.45) is 5.73 Å². The van der Waals surface area contributed by atoms with Crippen LogP contribution in [0, 0.1) is 5.82 Å². The van der Waals surface area contributed by atoms with Crippen molar-refractivity contribution in [3.05, 3.63) is 117 Å². The molecule has 1 aromatic heterocycles. The van der Waals surface area contributed by atoms with Crippen LogP contribution < -0.4 is 21.3 Å². The zero-order valence-corrected chi connectivity index (χ0v) is 21.1. The first-order chi connectivity index (χ1) is 18.4. The number of amides is 3. The number of hydrogen-bond donors (Lipinski definition) is 3. The maximum absolute atomic E-state index is 13.7. The van der Waals surface area contributed by atoms with E-state index in [0.29, 0.717) is 40.5 Å². The second kappa shape index (κ2) is 11.0. The number of nitrogens with zero attached hydrogens (tertiary/aromatic N) is 1. The Kier molecular flexibility index (Phi) is 7.30. The number of carbonyl (C=O) groups excluding carboxylic acids is 3. The number of benzene rings is 3. The lowest BCUT2D eigenvalue weighted by molar-refractivity contribution is -0.116. The van der Waals surface area contributed by atoms with Gasteiger partial charge in [-0.05, 0) is 58.5 Å². The van der Waals surface area contributed by atoms with Crippen LogP contribution in [-0.4, -0.2) is 17.7 Å². The smallest absolute Gasteiger partial charge is 0.268 e. The van der Waals surface area contributed by atoms with E-state index in [-0.39, 0.29) is 24.1 Å². The van der Waals surface area contributed by atoms with Crippen molar-refractivity contribution in [2.45, 2.75) is 25.6 Å². The van der Waals surface area contributed by atoms with Crippen molar-refractivity contribution < 1.29 is 18.8 Å². The fourth-order valence-electron chi connectivity index (χ4n) is 4.50. The van der Waals surface area contributed by atoms with Gasteiger partial charge < -0.3 is 16.4 Å². The molecule has 0 fully saturated rings. The first kappa shape index (κ1) is 25.3. The molecule has 0 bridgehead atoms. The highest BCUT2D eigenvalue weighted by molar-refractivity contribution is 7.12. The highest BCUT2D eigenvalue weighted by Gasteiger charge is 2.35. The standard InChI is InChI=1S/C29H25FN4O3S/c30-22-9-6-20(7-10-22)25-15-27(35)33-23-14-21(28(36)32-17-19-4-1-3-18(13-19)16-31)8-11-24(23)34(25)29(37)26-5-2-12-38-26/h1-14,25H,15-17,31H2,(H,32,36)(H,33,35). The minimum absolute atomic E-state index is 0.0313. The quantitative estimate of drug-likeness (QED) is 0.327. The van der Waals surface area contributed by atoms with Gasteiger partial charge in [-0.1, -0.05) is 42.5 Å². The van der Waals surface area contributed by atoms with Crippen molar-refractivity contribution in [3.8, 4) is 0 Å². The lowest BCUT2D eigenvalue weighted by Gasteiger charge is -2.30. The average Bonchev–Trinajstić information content (AvgIpc) is 3.43. The first-order valence-electron chi connectivity index (χ1n) is 12.1. The molecule has 2 heterocycles. The number of nitrogens with one attached hydrogen (secondary N) is 2. The Hall–Kier alpha value is -4.34. The molecule has 3 amide bonds. The van der Waals surface area contributed by atoms with Crippen LogP contribution in [0.4, 0.5) is 15.8 Å². The van der Waals surface area contributed by atoms with Crippen molar-refractivity contribution >= 4 is 40.4 Å². The molecule has 0 radical (unpaired) electrons. The van der Waals surface area contributed by atoms with Gasteiger partial charge >= 0.3 is 0 Å². The zero-order valence-electron chi connectivity index (χ0n) is 20.3. The average molecular weight is 529 g/mol. The van der Waals surface area contributed by atoms with Crippen LogP contribution in [0.25, 0.3) is 0 Å². The molecular formula is C29H25FN4O3S. The van der Waals surface area contributed by atoms with Gasteiger partial charge in [0.1, 0.15) is 5.82 Å². The van der Waals surface area contributed by atoms with Gasteiger partial charge in [-0.2, -0.15) is 0 Å². The Labute approximate surface area is 223 Å². The number of hydrogen-bond acceptors (Lipinski definition) is 5. The first-order valence-corrected chi connectivity index (χ1v) is 12.9. The van der Waals surface area contributed by atoms with Crippen LogP contribution in [0.2, 0.25) is 0 Å². The van der Waals surface area contributed by atoms with Gasteiger partial charge in [0.25, 0.3) is 11.8 Å². The molecule has 4 N–H and O–H groups in total. The molecule has 9 heteroatoms. The van der Waals surface area contributed by atoms with Crippen LogP contribution in [0.1, 0.15) is 49.2 Å². The SMILES string of the molecule is NCc1cccc(CNC(=O)c2ccc3c(c2)NC(=O)CC(c2ccc(F)cc2)N3C(=O)c2cccs2)c1. The lowest BCUT2D eigenvalue weighted by Crippen LogP contribution is -2.35. The molecule has 0 saturated carbocycles. The summed E-state index contributed by atoms with van der Waals surface area (Å²) in [7, 11) is 0. The summed E-state index contributed by atoms with van der Waals surface area (Å²) in [5.41, 5.74) is 9.36.